The largest absolute Gasteiger partial charge is 0.345 e. The first kappa shape index (κ1) is 15.0. The van der Waals surface area contributed by atoms with E-state index in [9.17, 15) is 9.59 Å². The molecule has 0 saturated carbocycles. The van der Waals surface area contributed by atoms with E-state index in [2.05, 4.69) is 0 Å². The minimum atomic E-state index is -0.0170. The quantitative estimate of drug-likeness (QED) is 0.746. The van der Waals surface area contributed by atoms with Crippen molar-refractivity contribution in [3.8, 4) is 0 Å². The molecule has 0 bridgehead atoms. The minimum Gasteiger partial charge on any atom is -0.345 e. The number of benzene rings is 2. The van der Waals surface area contributed by atoms with Crippen molar-refractivity contribution in [3.05, 3.63) is 82.1 Å². The third-order valence-corrected chi connectivity index (χ3v) is 3.82. The number of carbonyl (C=O) groups is 1. The van der Waals surface area contributed by atoms with Gasteiger partial charge in [-0.25, -0.2) is 0 Å². The van der Waals surface area contributed by atoms with Crippen molar-refractivity contribution in [1.82, 2.24) is 9.47 Å². The number of amides is 1. The summed E-state index contributed by atoms with van der Waals surface area (Å²) in [6.45, 7) is 0.606. The van der Waals surface area contributed by atoms with Crippen LogP contribution in [0.1, 0.15) is 15.9 Å². The molecule has 0 radical (unpaired) electrons. The Labute approximate surface area is 134 Å². The Hall–Kier alpha value is -2.88. The van der Waals surface area contributed by atoms with E-state index in [1.807, 2.05) is 53.1 Å². The van der Waals surface area contributed by atoms with Crippen LogP contribution in [-0.4, -0.2) is 29.5 Å². The maximum atomic E-state index is 12.1. The summed E-state index contributed by atoms with van der Waals surface area (Å²) in [7, 11) is 3.48. The van der Waals surface area contributed by atoms with E-state index in [1.165, 1.54) is 0 Å². The molecule has 1 heterocycles. The van der Waals surface area contributed by atoms with Gasteiger partial charge in [-0.15, -0.1) is 0 Å². The standard InChI is InChI=1S/C19H18N2O2/c1-20(2)19(23)15-7-5-6-14(12-15)13-21-11-10-18(22)16-8-3-4-9-17(16)21/h3-12H,13H2,1-2H3. The van der Waals surface area contributed by atoms with Crippen molar-refractivity contribution in [2.45, 2.75) is 6.54 Å². The molecule has 0 spiro atoms. The Bertz CT molecular complexity index is 926. The summed E-state index contributed by atoms with van der Waals surface area (Å²) in [4.78, 5) is 25.6. The third kappa shape index (κ3) is 3.01. The molecule has 0 aliphatic heterocycles. The van der Waals surface area contributed by atoms with E-state index in [1.54, 1.807) is 31.3 Å². The van der Waals surface area contributed by atoms with Crippen molar-refractivity contribution in [1.29, 1.82) is 0 Å². The number of hydrogen-bond acceptors (Lipinski definition) is 2. The molecule has 23 heavy (non-hydrogen) atoms. The molecule has 0 aliphatic carbocycles. The highest BCUT2D eigenvalue weighted by molar-refractivity contribution is 5.94. The van der Waals surface area contributed by atoms with Crippen LogP contribution in [-0.2, 0) is 6.54 Å². The Balaban J connectivity index is 2.00. The molecule has 0 aliphatic rings. The van der Waals surface area contributed by atoms with Gasteiger partial charge in [-0.05, 0) is 29.8 Å². The van der Waals surface area contributed by atoms with Gasteiger partial charge in [0.2, 0.25) is 0 Å². The van der Waals surface area contributed by atoms with Crippen LogP contribution < -0.4 is 5.43 Å². The Morgan fingerprint density at radius 1 is 1.04 bits per heavy atom. The van der Waals surface area contributed by atoms with Crippen LogP contribution in [0.2, 0.25) is 0 Å². The number of aromatic nitrogens is 1. The van der Waals surface area contributed by atoms with Gasteiger partial charge in [0.1, 0.15) is 0 Å². The highest BCUT2D eigenvalue weighted by Crippen LogP contribution is 2.14. The lowest BCUT2D eigenvalue weighted by Gasteiger charge is -2.13. The number of para-hydroxylation sites is 1. The molecule has 2 aromatic carbocycles. The van der Waals surface area contributed by atoms with Crippen LogP contribution in [0.3, 0.4) is 0 Å². The van der Waals surface area contributed by atoms with Crippen molar-refractivity contribution in [3.63, 3.8) is 0 Å². The first-order valence-electron chi connectivity index (χ1n) is 7.45. The maximum Gasteiger partial charge on any atom is 0.253 e. The van der Waals surface area contributed by atoms with Gasteiger partial charge < -0.3 is 9.47 Å². The summed E-state index contributed by atoms with van der Waals surface area (Å²) in [5.74, 6) is -0.0170. The molecule has 0 N–H and O–H groups in total. The van der Waals surface area contributed by atoms with E-state index in [4.69, 9.17) is 0 Å². The normalized spacial score (nSPS) is 10.7. The van der Waals surface area contributed by atoms with E-state index < -0.39 is 0 Å². The summed E-state index contributed by atoms with van der Waals surface area (Å²) in [5, 5.41) is 0.704. The number of fused-ring (bicyclic) bond motifs is 1. The van der Waals surface area contributed by atoms with Crippen LogP contribution in [0.4, 0.5) is 0 Å². The van der Waals surface area contributed by atoms with Gasteiger partial charge in [0.15, 0.2) is 5.43 Å². The van der Waals surface area contributed by atoms with Crippen LogP contribution in [0, 0.1) is 0 Å². The van der Waals surface area contributed by atoms with Crippen LogP contribution in [0.25, 0.3) is 10.9 Å². The second kappa shape index (κ2) is 6.08. The molecular formula is C19H18N2O2. The molecule has 4 nitrogen and oxygen atoms in total. The fourth-order valence-corrected chi connectivity index (χ4v) is 2.66. The monoisotopic (exact) mass is 306 g/mol. The summed E-state index contributed by atoms with van der Waals surface area (Å²) < 4.78 is 2.02. The summed E-state index contributed by atoms with van der Waals surface area (Å²) in [5.41, 5.74) is 2.60. The fourth-order valence-electron chi connectivity index (χ4n) is 2.66. The van der Waals surface area contributed by atoms with Crippen molar-refractivity contribution in [2.75, 3.05) is 14.1 Å². The van der Waals surface area contributed by atoms with Gasteiger partial charge in [0, 0.05) is 43.9 Å². The summed E-state index contributed by atoms with van der Waals surface area (Å²) in [6, 6.07) is 16.7. The van der Waals surface area contributed by atoms with E-state index in [-0.39, 0.29) is 11.3 Å². The molecule has 1 aromatic heterocycles. The van der Waals surface area contributed by atoms with E-state index in [0.717, 1.165) is 11.1 Å². The summed E-state index contributed by atoms with van der Waals surface area (Å²) in [6.07, 6.45) is 1.80. The first-order chi connectivity index (χ1) is 11.1. The highest BCUT2D eigenvalue weighted by Gasteiger charge is 2.09. The zero-order valence-corrected chi connectivity index (χ0v) is 13.2. The molecule has 116 valence electrons. The average Bonchev–Trinajstić information content (AvgIpc) is 2.57. The molecule has 0 saturated heterocycles. The number of pyridine rings is 1. The Morgan fingerprint density at radius 2 is 1.83 bits per heavy atom. The van der Waals surface area contributed by atoms with Crippen LogP contribution in [0.5, 0.6) is 0 Å². The van der Waals surface area contributed by atoms with Gasteiger partial charge in [-0.2, -0.15) is 0 Å². The van der Waals surface area contributed by atoms with E-state index >= 15 is 0 Å². The smallest absolute Gasteiger partial charge is 0.253 e. The van der Waals surface area contributed by atoms with Crippen LogP contribution >= 0.6 is 0 Å². The van der Waals surface area contributed by atoms with Crippen molar-refractivity contribution in [2.24, 2.45) is 0 Å². The topological polar surface area (TPSA) is 42.3 Å². The molecule has 3 rings (SSSR count). The highest BCUT2D eigenvalue weighted by atomic mass is 16.2. The Morgan fingerprint density at radius 3 is 2.61 bits per heavy atom. The molecule has 0 fully saturated rings. The van der Waals surface area contributed by atoms with E-state index in [0.29, 0.717) is 17.5 Å². The van der Waals surface area contributed by atoms with Gasteiger partial charge >= 0.3 is 0 Å². The minimum absolute atomic E-state index is 0.0170. The zero-order valence-electron chi connectivity index (χ0n) is 13.2. The lowest BCUT2D eigenvalue weighted by Crippen LogP contribution is -2.21. The van der Waals surface area contributed by atoms with Crippen LogP contribution in [0.15, 0.2) is 65.6 Å². The Kier molecular flexibility index (Phi) is 3.98. The first-order valence-corrected chi connectivity index (χ1v) is 7.45. The fraction of sp³-hybridized carbons (Fsp3) is 0.158. The lowest BCUT2D eigenvalue weighted by atomic mass is 10.1. The molecule has 3 aromatic rings. The maximum absolute atomic E-state index is 12.1. The molecule has 0 unspecified atom stereocenters. The van der Waals surface area contributed by atoms with Crippen molar-refractivity contribution < 1.29 is 4.79 Å². The number of rotatable bonds is 3. The molecule has 1 amide bonds. The van der Waals surface area contributed by atoms with Crippen molar-refractivity contribution >= 4 is 16.8 Å². The predicted molar refractivity (Wildman–Crippen MR) is 91.8 cm³/mol. The third-order valence-electron chi connectivity index (χ3n) is 3.82. The second-order valence-corrected chi connectivity index (χ2v) is 5.72. The van der Waals surface area contributed by atoms with Gasteiger partial charge in [0.05, 0.1) is 5.52 Å². The SMILES string of the molecule is CN(C)C(=O)c1cccc(Cn2ccc(=O)c3ccccc32)c1. The zero-order chi connectivity index (χ0) is 16.4. The predicted octanol–water partition coefficient (Wildman–Crippen LogP) is 2.75. The lowest BCUT2D eigenvalue weighted by molar-refractivity contribution is 0.0827. The van der Waals surface area contributed by atoms with Gasteiger partial charge in [0.25, 0.3) is 5.91 Å². The second-order valence-electron chi connectivity index (χ2n) is 5.72. The molecule has 0 atom stereocenters. The number of nitrogens with zero attached hydrogens (tertiary/aromatic N) is 2. The molecule has 4 heteroatoms. The average molecular weight is 306 g/mol. The van der Waals surface area contributed by atoms with Gasteiger partial charge in [-0.1, -0.05) is 24.3 Å². The molecular weight excluding hydrogens is 288 g/mol. The number of carbonyl (C=O) groups excluding carboxylic acids is 1. The van der Waals surface area contributed by atoms with Gasteiger partial charge in [-0.3, -0.25) is 9.59 Å². The number of hydrogen-bond donors (Lipinski definition) is 0. The summed E-state index contributed by atoms with van der Waals surface area (Å²) >= 11 is 0.